The fourth-order valence-electron chi connectivity index (χ4n) is 3.09. The predicted molar refractivity (Wildman–Crippen MR) is 116 cm³/mol. The van der Waals surface area contributed by atoms with Gasteiger partial charge in [0.25, 0.3) is 0 Å². The summed E-state index contributed by atoms with van der Waals surface area (Å²) in [6, 6.07) is 14.3. The van der Waals surface area contributed by atoms with E-state index in [-0.39, 0.29) is 18.1 Å². The SMILES string of the molecule is CCNC(=O)Oc1cnc2c(c1)ncn2-c1cccc(OCc2ccc(OC(F)(F)F)cc2)c1. The first-order valence-corrected chi connectivity index (χ1v) is 10.2. The van der Waals surface area contributed by atoms with E-state index in [2.05, 4.69) is 20.0 Å². The molecule has 2 heterocycles. The number of rotatable bonds is 7. The van der Waals surface area contributed by atoms with Crippen molar-refractivity contribution < 1.29 is 32.2 Å². The van der Waals surface area contributed by atoms with Crippen LogP contribution in [0.2, 0.25) is 0 Å². The smallest absolute Gasteiger partial charge is 0.489 e. The molecule has 34 heavy (non-hydrogen) atoms. The Balaban J connectivity index is 1.45. The molecule has 0 aliphatic heterocycles. The van der Waals surface area contributed by atoms with Gasteiger partial charge in [-0.25, -0.2) is 14.8 Å². The third-order valence-electron chi connectivity index (χ3n) is 4.55. The van der Waals surface area contributed by atoms with E-state index in [1.165, 1.54) is 30.5 Å². The highest BCUT2D eigenvalue weighted by Crippen LogP contribution is 2.25. The van der Waals surface area contributed by atoms with Crippen LogP contribution >= 0.6 is 0 Å². The molecule has 0 spiro atoms. The normalized spacial score (nSPS) is 11.3. The molecule has 1 N–H and O–H groups in total. The lowest BCUT2D eigenvalue weighted by Crippen LogP contribution is -2.26. The minimum absolute atomic E-state index is 0.152. The van der Waals surface area contributed by atoms with E-state index in [1.54, 1.807) is 42.1 Å². The molecule has 2 aromatic heterocycles. The number of nitrogens with zero attached hydrogens (tertiary/aromatic N) is 3. The molecule has 4 rings (SSSR count). The van der Waals surface area contributed by atoms with E-state index in [9.17, 15) is 18.0 Å². The van der Waals surface area contributed by atoms with Crippen molar-refractivity contribution in [3.05, 3.63) is 72.7 Å². The van der Waals surface area contributed by atoms with Crippen molar-refractivity contribution in [1.29, 1.82) is 0 Å². The molecule has 0 aliphatic carbocycles. The van der Waals surface area contributed by atoms with Crippen molar-refractivity contribution in [2.45, 2.75) is 19.9 Å². The van der Waals surface area contributed by atoms with E-state index in [0.29, 0.717) is 29.0 Å². The van der Waals surface area contributed by atoms with E-state index in [4.69, 9.17) is 9.47 Å². The van der Waals surface area contributed by atoms with Gasteiger partial charge in [0, 0.05) is 18.7 Å². The Morgan fingerprint density at radius 2 is 1.82 bits per heavy atom. The van der Waals surface area contributed by atoms with Gasteiger partial charge in [-0.1, -0.05) is 18.2 Å². The zero-order valence-corrected chi connectivity index (χ0v) is 17.9. The summed E-state index contributed by atoms with van der Waals surface area (Å²) in [7, 11) is 0. The number of nitrogens with one attached hydrogen (secondary N) is 1. The molecule has 11 heteroatoms. The van der Waals surface area contributed by atoms with Gasteiger partial charge in [-0.15, -0.1) is 13.2 Å². The molecule has 4 aromatic rings. The van der Waals surface area contributed by atoms with Crippen LogP contribution in [0, 0.1) is 0 Å². The summed E-state index contributed by atoms with van der Waals surface area (Å²) in [5.74, 6) is 0.524. The van der Waals surface area contributed by atoms with Gasteiger partial charge in [0.15, 0.2) is 11.4 Å². The highest BCUT2D eigenvalue weighted by molar-refractivity contribution is 5.76. The van der Waals surface area contributed by atoms with Gasteiger partial charge in [0.1, 0.15) is 29.9 Å². The Kier molecular flexibility index (Phi) is 6.53. The average molecular weight is 472 g/mol. The number of hydrogen-bond acceptors (Lipinski definition) is 6. The van der Waals surface area contributed by atoms with Crippen molar-refractivity contribution in [3.8, 4) is 22.9 Å². The quantitative estimate of drug-likeness (QED) is 0.407. The van der Waals surface area contributed by atoms with Gasteiger partial charge in [-0.05, 0) is 36.8 Å². The largest absolute Gasteiger partial charge is 0.573 e. The number of fused-ring (bicyclic) bond motifs is 1. The minimum Gasteiger partial charge on any atom is -0.489 e. The third-order valence-corrected chi connectivity index (χ3v) is 4.55. The molecule has 2 aromatic carbocycles. The molecule has 8 nitrogen and oxygen atoms in total. The molecule has 0 fully saturated rings. The first-order chi connectivity index (χ1) is 16.3. The highest BCUT2D eigenvalue weighted by atomic mass is 19.4. The lowest BCUT2D eigenvalue weighted by atomic mass is 10.2. The molecule has 0 saturated carbocycles. The number of benzene rings is 2. The van der Waals surface area contributed by atoms with Crippen LogP contribution in [-0.2, 0) is 6.61 Å². The summed E-state index contributed by atoms with van der Waals surface area (Å²) in [5, 5.41) is 2.53. The summed E-state index contributed by atoms with van der Waals surface area (Å²) < 4.78 is 53.4. The van der Waals surface area contributed by atoms with E-state index < -0.39 is 12.5 Å². The fourth-order valence-corrected chi connectivity index (χ4v) is 3.09. The van der Waals surface area contributed by atoms with Crippen molar-refractivity contribution >= 4 is 17.3 Å². The predicted octanol–water partition coefficient (Wildman–Crippen LogP) is 5.01. The summed E-state index contributed by atoms with van der Waals surface area (Å²) in [6.07, 6.45) is -2.28. The topological polar surface area (TPSA) is 87.5 Å². The van der Waals surface area contributed by atoms with Crippen LogP contribution in [0.4, 0.5) is 18.0 Å². The Labute approximate surface area is 191 Å². The zero-order valence-electron chi connectivity index (χ0n) is 17.9. The lowest BCUT2D eigenvalue weighted by molar-refractivity contribution is -0.274. The van der Waals surface area contributed by atoms with Gasteiger partial charge in [-0.3, -0.25) is 4.57 Å². The van der Waals surface area contributed by atoms with Crippen LogP contribution < -0.4 is 19.5 Å². The van der Waals surface area contributed by atoms with Crippen LogP contribution in [0.15, 0.2) is 67.1 Å². The first kappa shape index (κ1) is 22.9. The van der Waals surface area contributed by atoms with E-state index in [0.717, 1.165) is 5.69 Å². The molecular formula is C23H19F3N4O4. The molecule has 176 valence electrons. The fraction of sp³-hybridized carbons (Fsp3) is 0.174. The van der Waals surface area contributed by atoms with Gasteiger partial charge in [-0.2, -0.15) is 0 Å². The van der Waals surface area contributed by atoms with Crippen molar-refractivity contribution in [3.63, 3.8) is 0 Å². The molecule has 1 amide bonds. The van der Waals surface area contributed by atoms with Gasteiger partial charge in [0.05, 0.1) is 11.9 Å². The average Bonchev–Trinajstić information content (AvgIpc) is 3.21. The van der Waals surface area contributed by atoms with Crippen LogP contribution in [0.5, 0.6) is 17.2 Å². The molecule has 0 aliphatic rings. The number of aromatic nitrogens is 3. The molecule has 0 atom stereocenters. The Morgan fingerprint density at radius 1 is 1.03 bits per heavy atom. The summed E-state index contributed by atoms with van der Waals surface area (Å²) in [6.45, 7) is 2.38. The number of halogens is 3. The number of imidazole rings is 1. The standard InChI is InChI=1S/C23H19F3N4O4/c1-2-27-22(31)33-19-11-20-21(28-12-19)30(14-29-20)16-4-3-5-18(10-16)32-13-15-6-8-17(9-7-15)34-23(24,25)26/h3-12,14H,2,13H2,1H3,(H,27,31). The molecule has 0 unspecified atom stereocenters. The highest BCUT2D eigenvalue weighted by Gasteiger charge is 2.30. The number of carbonyl (C=O) groups excluding carboxylic acids is 1. The van der Waals surface area contributed by atoms with Gasteiger partial charge >= 0.3 is 12.5 Å². The molecule has 0 saturated heterocycles. The Morgan fingerprint density at radius 3 is 2.56 bits per heavy atom. The Bertz CT molecular complexity index is 1290. The van der Waals surface area contributed by atoms with Crippen molar-refractivity contribution in [2.24, 2.45) is 0 Å². The Hall–Kier alpha value is -4.28. The first-order valence-electron chi connectivity index (χ1n) is 10.2. The van der Waals surface area contributed by atoms with E-state index in [1.807, 2.05) is 6.07 Å². The van der Waals surface area contributed by atoms with Crippen LogP contribution in [0.1, 0.15) is 12.5 Å². The molecule has 0 bridgehead atoms. The second-order valence-corrected chi connectivity index (χ2v) is 7.03. The maximum Gasteiger partial charge on any atom is 0.573 e. The van der Waals surface area contributed by atoms with Crippen molar-refractivity contribution in [1.82, 2.24) is 19.9 Å². The zero-order chi connectivity index (χ0) is 24.1. The monoisotopic (exact) mass is 472 g/mol. The maximum absolute atomic E-state index is 12.3. The summed E-state index contributed by atoms with van der Waals surface area (Å²) in [5.41, 5.74) is 2.50. The second kappa shape index (κ2) is 9.69. The summed E-state index contributed by atoms with van der Waals surface area (Å²) >= 11 is 0. The number of ether oxygens (including phenoxy) is 3. The molecular weight excluding hydrogens is 453 g/mol. The number of alkyl halides is 3. The number of pyridine rings is 1. The number of carbonyl (C=O) groups is 1. The van der Waals surface area contributed by atoms with Crippen LogP contribution in [0.25, 0.3) is 16.9 Å². The third kappa shape index (κ3) is 5.74. The van der Waals surface area contributed by atoms with Crippen LogP contribution in [0.3, 0.4) is 0 Å². The van der Waals surface area contributed by atoms with Gasteiger partial charge < -0.3 is 19.5 Å². The summed E-state index contributed by atoms with van der Waals surface area (Å²) in [4.78, 5) is 20.3. The maximum atomic E-state index is 12.3. The lowest BCUT2D eigenvalue weighted by Gasteiger charge is -2.11. The molecule has 0 radical (unpaired) electrons. The second-order valence-electron chi connectivity index (χ2n) is 7.03. The van der Waals surface area contributed by atoms with Gasteiger partial charge in [0.2, 0.25) is 0 Å². The number of amides is 1. The van der Waals surface area contributed by atoms with E-state index >= 15 is 0 Å². The minimum atomic E-state index is -4.73. The number of hydrogen-bond donors (Lipinski definition) is 1. The van der Waals surface area contributed by atoms with Crippen LogP contribution in [-0.4, -0.2) is 33.5 Å². The van der Waals surface area contributed by atoms with Crippen molar-refractivity contribution in [2.75, 3.05) is 6.54 Å².